The average molecular weight is 258 g/mol. The maximum atomic E-state index is 11.4. The van der Waals surface area contributed by atoms with Crippen molar-refractivity contribution in [2.75, 3.05) is 0 Å². The highest BCUT2D eigenvalue weighted by Crippen LogP contribution is 2.26. The van der Waals surface area contributed by atoms with Crippen molar-refractivity contribution >= 4 is 19.7 Å². The fourth-order valence-electron chi connectivity index (χ4n) is 1.70. The Bertz CT molecular complexity index is 544. The summed E-state index contributed by atoms with van der Waals surface area (Å²) in [4.78, 5) is 0.0626. The number of halogens is 1. The SMILES string of the molecule is CCc1cc(C#N)cc(S(=O)(=O)Cl)c1CC. The molecule has 0 bridgehead atoms. The number of nitrogens with zero attached hydrogens (tertiary/aromatic N) is 1. The Morgan fingerprint density at radius 1 is 1.31 bits per heavy atom. The molecular weight excluding hydrogens is 246 g/mol. The van der Waals surface area contributed by atoms with Crippen LogP contribution in [0.5, 0.6) is 0 Å². The van der Waals surface area contributed by atoms with E-state index >= 15 is 0 Å². The molecule has 5 heteroatoms. The van der Waals surface area contributed by atoms with Gasteiger partial charge < -0.3 is 0 Å². The monoisotopic (exact) mass is 257 g/mol. The third-order valence-electron chi connectivity index (χ3n) is 2.43. The highest BCUT2D eigenvalue weighted by molar-refractivity contribution is 8.13. The maximum Gasteiger partial charge on any atom is 0.261 e. The summed E-state index contributed by atoms with van der Waals surface area (Å²) in [5, 5.41) is 8.82. The van der Waals surface area contributed by atoms with Gasteiger partial charge >= 0.3 is 0 Å². The predicted molar refractivity (Wildman–Crippen MR) is 63.0 cm³/mol. The molecule has 0 heterocycles. The van der Waals surface area contributed by atoms with Crippen molar-refractivity contribution < 1.29 is 8.42 Å². The zero-order valence-electron chi connectivity index (χ0n) is 9.12. The average Bonchev–Trinajstić information content (AvgIpc) is 2.25. The van der Waals surface area contributed by atoms with Crippen LogP contribution in [0.1, 0.15) is 30.5 Å². The van der Waals surface area contributed by atoms with E-state index in [4.69, 9.17) is 15.9 Å². The molecule has 1 aromatic carbocycles. The Hall–Kier alpha value is -1.05. The van der Waals surface area contributed by atoms with Crippen LogP contribution in [0.2, 0.25) is 0 Å². The van der Waals surface area contributed by atoms with Gasteiger partial charge in [-0.05, 0) is 36.1 Å². The first-order valence-electron chi connectivity index (χ1n) is 4.94. The quantitative estimate of drug-likeness (QED) is 0.782. The molecule has 0 unspecified atom stereocenters. The largest absolute Gasteiger partial charge is 0.261 e. The van der Waals surface area contributed by atoms with E-state index in [0.29, 0.717) is 24.0 Å². The summed E-state index contributed by atoms with van der Waals surface area (Å²) in [5.41, 5.74) is 1.89. The van der Waals surface area contributed by atoms with E-state index in [9.17, 15) is 8.42 Å². The summed E-state index contributed by atoms with van der Waals surface area (Å²) in [6.45, 7) is 3.78. The molecule has 0 amide bonds. The zero-order chi connectivity index (χ0) is 12.3. The second-order valence-corrected chi connectivity index (χ2v) is 5.90. The lowest BCUT2D eigenvalue weighted by Crippen LogP contribution is -2.02. The number of hydrogen-bond acceptors (Lipinski definition) is 3. The second kappa shape index (κ2) is 4.86. The fourth-order valence-corrected chi connectivity index (χ4v) is 2.95. The van der Waals surface area contributed by atoms with Crippen molar-refractivity contribution in [1.29, 1.82) is 5.26 Å². The molecule has 1 aromatic rings. The van der Waals surface area contributed by atoms with Crippen molar-refractivity contribution in [2.24, 2.45) is 0 Å². The van der Waals surface area contributed by atoms with Gasteiger partial charge in [0.15, 0.2) is 0 Å². The Morgan fingerprint density at radius 3 is 2.31 bits per heavy atom. The molecule has 3 nitrogen and oxygen atoms in total. The van der Waals surface area contributed by atoms with Gasteiger partial charge in [-0.15, -0.1) is 0 Å². The van der Waals surface area contributed by atoms with Gasteiger partial charge in [0.25, 0.3) is 9.05 Å². The van der Waals surface area contributed by atoms with Crippen molar-refractivity contribution in [3.05, 3.63) is 28.8 Å². The van der Waals surface area contributed by atoms with Crippen LogP contribution in [0.25, 0.3) is 0 Å². The third-order valence-corrected chi connectivity index (χ3v) is 3.82. The highest BCUT2D eigenvalue weighted by Gasteiger charge is 2.18. The molecule has 0 saturated heterocycles. The van der Waals surface area contributed by atoms with Crippen LogP contribution >= 0.6 is 10.7 Å². The van der Waals surface area contributed by atoms with Crippen molar-refractivity contribution in [2.45, 2.75) is 31.6 Å². The van der Waals surface area contributed by atoms with Crippen molar-refractivity contribution in [3.63, 3.8) is 0 Å². The first-order valence-corrected chi connectivity index (χ1v) is 7.25. The van der Waals surface area contributed by atoms with Gasteiger partial charge in [0.05, 0.1) is 16.5 Å². The third kappa shape index (κ3) is 2.55. The van der Waals surface area contributed by atoms with E-state index in [1.807, 2.05) is 19.9 Å². The molecule has 0 radical (unpaired) electrons. The molecule has 0 aliphatic rings. The lowest BCUT2D eigenvalue weighted by atomic mass is 10.0. The van der Waals surface area contributed by atoms with Crippen molar-refractivity contribution in [1.82, 2.24) is 0 Å². The molecule has 0 spiro atoms. The van der Waals surface area contributed by atoms with Gasteiger partial charge in [-0.2, -0.15) is 5.26 Å². The Kier molecular flexibility index (Phi) is 3.95. The van der Waals surface area contributed by atoms with Crippen LogP contribution < -0.4 is 0 Å². The molecule has 0 aliphatic heterocycles. The van der Waals surface area contributed by atoms with Crippen LogP contribution in [0.15, 0.2) is 17.0 Å². The smallest absolute Gasteiger partial charge is 0.207 e. The molecule has 1 rings (SSSR count). The van der Waals surface area contributed by atoms with Crippen LogP contribution in [0, 0.1) is 11.3 Å². The van der Waals surface area contributed by atoms with E-state index < -0.39 is 9.05 Å². The minimum atomic E-state index is -3.79. The normalized spacial score (nSPS) is 11.1. The number of rotatable bonds is 3. The van der Waals surface area contributed by atoms with Crippen LogP contribution in [-0.4, -0.2) is 8.42 Å². The topological polar surface area (TPSA) is 57.9 Å². The van der Waals surface area contributed by atoms with Gasteiger partial charge in [0.2, 0.25) is 0 Å². The molecule has 16 heavy (non-hydrogen) atoms. The Balaban J connectivity index is 3.64. The zero-order valence-corrected chi connectivity index (χ0v) is 10.7. The summed E-state index contributed by atoms with van der Waals surface area (Å²) in [6, 6.07) is 4.99. The van der Waals surface area contributed by atoms with Gasteiger partial charge in [-0.3, -0.25) is 0 Å². The Labute approximate surface area is 100 Å². The van der Waals surface area contributed by atoms with Crippen LogP contribution in [0.4, 0.5) is 0 Å². The number of hydrogen-bond donors (Lipinski definition) is 0. The first-order chi connectivity index (χ1) is 7.43. The van der Waals surface area contributed by atoms with Gasteiger partial charge in [0, 0.05) is 10.7 Å². The minimum absolute atomic E-state index is 0.0626. The summed E-state index contributed by atoms with van der Waals surface area (Å²) in [5.74, 6) is 0. The van der Waals surface area contributed by atoms with E-state index in [1.165, 1.54) is 6.07 Å². The standard InChI is InChI=1S/C11H12ClNO2S/c1-3-9-5-8(7-13)6-11(10(9)4-2)16(12,14)15/h5-6H,3-4H2,1-2H3. The number of nitriles is 1. The maximum absolute atomic E-state index is 11.4. The van der Waals surface area contributed by atoms with Gasteiger partial charge in [-0.1, -0.05) is 13.8 Å². The van der Waals surface area contributed by atoms with Gasteiger partial charge in [-0.25, -0.2) is 8.42 Å². The molecule has 0 N–H and O–H groups in total. The van der Waals surface area contributed by atoms with E-state index in [1.54, 1.807) is 6.07 Å². The molecule has 0 aromatic heterocycles. The number of benzene rings is 1. The molecular formula is C11H12ClNO2S. The van der Waals surface area contributed by atoms with E-state index in [2.05, 4.69) is 0 Å². The lowest BCUT2D eigenvalue weighted by molar-refractivity contribution is 0.608. The van der Waals surface area contributed by atoms with E-state index in [0.717, 1.165) is 5.56 Å². The molecule has 86 valence electrons. The summed E-state index contributed by atoms with van der Waals surface area (Å²) >= 11 is 0. The first kappa shape index (κ1) is 13.0. The summed E-state index contributed by atoms with van der Waals surface area (Å²) < 4.78 is 22.8. The number of aryl methyl sites for hydroxylation is 1. The lowest BCUT2D eigenvalue weighted by Gasteiger charge is -2.10. The summed E-state index contributed by atoms with van der Waals surface area (Å²) in [6.07, 6.45) is 1.26. The summed E-state index contributed by atoms with van der Waals surface area (Å²) in [7, 11) is 1.57. The van der Waals surface area contributed by atoms with Crippen LogP contribution in [-0.2, 0) is 21.9 Å². The van der Waals surface area contributed by atoms with E-state index in [-0.39, 0.29) is 4.90 Å². The Morgan fingerprint density at radius 2 is 1.94 bits per heavy atom. The predicted octanol–water partition coefficient (Wildman–Crippen LogP) is 2.61. The minimum Gasteiger partial charge on any atom is -0.207 e. The fraction of sp³-hybridized carbons (Fsp3) is 0.364. The van der Waals surface area contributed by atoms with Crippen LogP contribution in [0.3, 0.4) is 0 Å². The molecule has 0 aliphatic carbocycles. The highest BCUT2D eigenvalue weighted by atomic mass is 35.7. The molecule has 0 atom stereocenters. The molecule has 0 saturated carbocycles. The second-order valence-electron chi connectivity index (χ2n) is 3.37. The van der Waals surface area contributed by atoms with Crippen molar-refractivity contribution in [3.8, 4) is 6.07 Å². The molecule has 0 fully saturated rings. The van der Waals surface area contributed by atoms with Gasteiger partial charge in [0.1, 0.15) is 0 Å².